The van der Waals surface area contributed by atoms with Crippen LogP contribution in [0.2, 0.25) is 0 Å². The SMILES string of the molecule is COc1ccc(-c2c(C)c3cc(OC)ccc3n2Cc2ccc(OCC(=O)O)cc2)cc1. The third-order valence-corrected chi connectivity index (χ3v) is 5.51. The first-order chi connectivity index (χ1) is 15.5. The molecular weight excluding hydrogens is 406 g/mol. The molecule has 1 aromatic heterocycles. The lowest BCUT2D eigenvalue weighted by atomic mass is 10.1. The predicted molar refractivity (Wildman–Crippen MR) is 124 cm³/mol. The molecule has 0 unspecified atom stereocenters. The molecule has 6 nitrogen and oxygen atoms in total. The van der Waals surface area contributed by atoms with Gasteiger partial charge in [-0.15, -0.1) is 0 Å². The molecule has 164 valence electrons. The van der Waals surface area contributed by atoms with E-state index >= 15 is 0 Å². The fraction of sp³-hybridized carbons (Fsp3) is 0.192. The van der Waals surface area contributed by atoms with Crippen molar-refractivity contribution in [1.29, 1.82) is 0 Å². The standard InChI is InChI=1S/C26H25NO5/c1-17-23-14-22(31-3)12-13-24(23)27(26(17)19-6-10-20(30-2)11-7-19)15-18-4-8-21(9-5-18)32-16-25(28)29/h4-14H,15-16H2,1-3H3,(H,28,29). The number of aryl methyl sites for hydroxylation is 1. The summed E-state index contributed by atoms with van der Waals surface area (Å²) in [5.41, 5.74) is 5.59. The zero-order chi connectivity index (χ0) is 22.7. The minimum absolute atomic E-state index is 0.357. The van der Waals surface area contributed by atoms with Crippen LogP contribution in [-0.4, -0.2) is 36.5 Å². The first-order valence-corrected chi connectivity index (χ1v) is 10.2. The molecule has 0 atom stereocenters. The van der Waals surface area contributed by atoms with Crippen molar-refractivity contribution in [2.24, 2.45) is 0 Å². The molecule has 0 saturated heterocycles. The smallest absolute Gasteiger partial charge is 0.341 e. The summed E-state index contributed by atoms with van der Waals surface area (Å²) in [6.07, 6.45) is 0. The lowest BCUT2D eigenvalue weighted by Gasteiger charge is -2.13. The maximum Gasteiger partial charge on any atom is 0.341 e. The summed E-state index contributed by atoms with van der Waals surface area (Å²) in [6.45, 7) is 2.42. The van der Waals surface area contributed by atoms with Crippen molar-refractivity contribution in [3.63, 3.8) is 0 Å². The van der Waals surface area contributed by atoms with Crippen LogP contribution < -0.4 is 14.2 Å². The van der Waals surface area contributed by atoms with Gasteiger partial charge in [-0.05, 0) is 78.2 Å². The number of methoxy groups -OCH3 is 2. The number of hydrogen-bond acceptors (Lipinski definition) is 4. The number of nitrogens with zero attached hydrogens (tertiary/aromatic N) is 1. The molecule has 0 aliphatic heterocycles. The number of benzene rings is 3. The molecular formula is C26H25NO5. The highest BCUT2D eigenvalue weighted by molar-refractivity contribution is 5.92. The number of hydrogen-bond donors (Lipinski definition) is 1. The molecule has 3 aromatic carbocycles. The molecule has 1 heterocycles. The van der Waals surface area contributed by atoms with E-state index in [1.807, 2.05) is 30.3 Å². The van der Waals surface area contributed by atoms with E-state index in [2.05, 4.69) is 35.8 Å². The van der Waals surface area contributed by atoms with Crippen LogP contribution in [0.3, 0.4) is 0 Å². The largest absolute Gasteiger partial charge is 0.497 e. The summed E-state index contributed by atoms with van der Waals surface area (Å²) in [5.74, 6) is 1.17. The summed E-state index contributed by atoms with van der Waals surface area (Å²) in [7, 11) is 3.33. The van der Waals surface area contributed by atoms with E-state index in [0.717, 1.165) is 39.2 Å². The highest BCUT2D eigenvalue weighted by atomic mass is 16.5. The van der Waals surface area contributed by atoms with Gasteiger partial charge >= 0.3 is 5.97 Å². The number of carbonyl (C=O) groups is 1. The average molecular weight is 431 g/mol. The normalized spacial score (nSPS) is 10.8. The Kier molecular flexibility index (Phi) is 6.03. The molecule has 0 bridgehead atoms. The van der Waals surface area contributed by atoms with Gasteiger partial charge < -0.3 is 23.9 Å². The van der Waals surface area contributed by atoms with Crippen LogP contribution in [0.25, 0.3) is 22.2 Å². The molecule has 0 radical (unpaired) electrons. The minimum atomic E-state index is -0.997. The minimum Gasteiger partial charge on any atom is -0.497 e. The van der Waals surface area contributed by atoms with E-state index in [9.17, 15) is 4.79 Å². The second kappa shape index (κ2) is 9.06. The molecule has 0 aliphatic carbocycles. The van der Waals surface area contributed by atoms with Crippen molar-refractivity contribution >= 4 is 16.9 Å². The Morgan fingerprint density at radius 3 is 2.12 bits per heavy atom. The molecule has 6 heteroatoms. The Balaban J connectivity index is 1.77. The van der Waals surface area contributed by atoms with Crippen LogP contribution in [0.5, 0.6) is 17.2 Å². The van der Waals surface area contributed by atoms with Crippen molar-refractivity contribution in [1.82, 2.24) is 4.57 Å². The van der Waals surface area contributed by atoms with Gasteiger partial charge in [-0.1, -0.05) is 12.1 Å². The zero-order valence-electron chi connectivity index (χ0n) is 18.3. The summed E-state index contributed by atoms with van der Waals surface area (Å²) in [6, 6.07) is 21.7. The molecule has 4 aromatic rings. The Morgan fingerprint density at radius 2 is 1.50 bits per heavy atom. The van der Waals surface area contributed by atoms with Gasteiger partial charge in [-0.25, -0.2) is 4.79 Å². The maximum atomic E-state index is 10.7. The number of carboxylic acids is 1. The fourth-order valence-corrected chi connectivity index (χ4v) is 3.93. The Hall–Kier alpha value is -3.93. The van der Waals surface area contributed by atoms with Gasteiger partial charge in [-0.2, -0.15) is 0 Å². The highest BCUT2D eigenvalue weighted by Crippen LogP contribution is 2.36. The first-order valence-electron chi connectivity index (χ1n) is 10.2. The second-order valence-corrected chi connectivity index (χ2v) is 7.50. The van der Waals surface area contributed by atoms with Gasteiger partial charge in [-0.3, -0.25) is 0 Å². The number of rotatable bonds is 8. The lowest BCUT2D eigenvalue weighted by Crippen LogP contribution is -2.09. The van der Waals surface area contributed by atoms with Gasteiger partial charge in [0, 0.05) is 17.4 Å². The van der Waals surface area contributed by atoms with E-state index in [1.54, 1.807) is 26.4 Å². The fourth-order valence-electron chi connectivity index (χ4n) is 3.93. The van der Waals surface area contributed by atoms with E-state index in [4.69, 9.17) is 19.3 Å². The van der Waals surface area contributed by atoms with Crippen molar-refractivity contribution in [2.45, 2.75) is 13.5 Å². The van der Waals surface area contributed by atoms with Crippen LogP contribution in [0, 0.1) is 6.92 Å². The van der Waals surface area contributed by atoms with Crippen LogP contribution >= 0.6 is 0 Å². The van der Waals surface area contributed by atoms with Crippen molar-refractivity contribution in [3.8, 4) is 28.5 Å². The zero-order valence-corrected chi connectivity index (χ0v) is 18.3. The summed E-state index contributed by atoms with van der Waals surface area (Å²) in [5, 5.41) is 9.93. The number of aromatic nitrogens is 1. The van der Waals surface area contributed by atoms with Gasteiger partial charge in [0.1, 0.15) is 17.2 Å². The summed E-state index contributed by atoms with van der Waals surface area (Å²) in [4.78, 5) is 10.7. The number of fused-ring (bicyclic) bond motifs is 1. The monoisotopic (exact) mass is 431 g/mol. The first kappa shape index (κ1) is 21.3. The van der Waals surface area contributed by atoms with Gasteiger partial charge in [0.25, 0.3) is 0 Å². The van der Waals surface area contributed by atoms with E-state index in [1.165, 1.54) is 5.56 Å². The van der Waals surface area contributed by atoms with Crippen molar-refractivity contribution in [3.05, 3.63) is 77.9 Å². The molecule has 0 aliphatic rings. The molecule has 32 heavy (non-hydrogen) atoms. The van der Waals surface area contributed by atoms with Crippen molar-refractivity contribution < 1.29 is 24.1 Å². The average Bonchev–Trinajstić information content (AvgIpc) is 3.09. The molecule has 0 fully saturated rings. The maximum absolute atomic E-state index is 10.7. The Morgan fingerprint density at radius 1 is 0.875 bits per heavy atom. The highest BCUT2D eigenvalue weighted by Gasteiger charge is 2.17. The third-order valence-electron chi connectivity index (χ3n) is 5.51. The second-order valence-electron chi connectivity index (χ2n) is 7.50. The van der Waals surface area contributed by atoms with Crippen LogP contribution in [0.1, 0.15) is 11.1 Å². The van der Waals surface area contributed by atoms with Crippen LogP contribution in [0.4, 0.5) is 0 Å². The van der Waals surface area contributed by atoms with Gasteiger partial charge in [0.2, 0.25) is 0 Å². The summed E-state index contributed by atoms with van der Waals surface area (Å²) >= 11 is 0. The lowest BCUT2D eigenvalue weighted by molar-refractivity contribution is -0.139. The van der Waals surface area contributed by atoms with Crippen LogP contribution in [0.15, 0.2) is 66.7 Å². The topological polar surface area (TPSA) is 69.9 Å². The Labute approximate surface area is 186 Å². The van der Waals surface area contributed by atoms with Crippen LogP contribution in [-0.2, 0) is 11.3 Å². The Bertz CT molecular complexity index is 1240. The number of ether oxygens (including phenoxy) is 3. The predicted octanol–water partition coefficient (Wildman–Crippen LogP) is 5.15. The molecule has 0 amide bonds. The van der Waals surface area contributed by atoms with Gasteiger partial charge in [0.05, 0.1) is 19.9 Å². The molecule has 4 rings (SSSR count). The quantitative estimate of drug-likeness (QED) is 0.418. The number of aliphatic carboxylic acids is 1. The third kappa shape index (κ3) is 4.25. The van der Waals surface area contributed by atoms with E-state index < -0.39 is 5.97 Å². The van der Waals surface area contributed by atoms with Crippen molar-refractivity contribution in [2.75, 3.05) is 20.8 Å². The molecule has 0 saturated carbocycles. The van der Waals surface area contributed by atoms with E-state index in [-0.39, 0.29) is 6.61 Å². The van der Waals surface area contributed by atoms with E-state index in [0.29, 0.717) is 12.3 Å². The molecule has 0 spiro atoms. The number of carboxylic acid groups (broad SMARTS) is 1. The summed E-state index contributed by atoms with van der Waals surface area (Å²) < 4.78 is 18.3. The molecule has 1 N–H and O–H groups in total. The van der Waals surface area contributed by atoms with Gasteiger partial charge in [0.15, 0.2) is 6.61 Å².